The molecule has 0 N–H and O–H groups in total. The molecule has 0 heterocycles. The molecule has 7 heteroatoms. The number of alkyl halides is 1. The van der Waals surface area contributed by atoms with Crippen molar-refractivity contribution in [2.75, 3.05) is 24.9 Å². The molecule has 4 nitrogen and oxygen atoms in total. The molecule has 0 radical (unpaired) electrons. The Hall–Kier alpha value is -0.660. The summed E-state index contributed by atoms with van der Waals surface area (Å²) in [5.74, 6) is -0.00132. The normalized spacial score (nSPS) is 11.8. The largest absolute Gasteiger partial charge is 0.492 e. The van der Waals surface area contributed by atoms with Gasteiger partial charge < -0.3 is 4.74 Å². The lowest BCUT2D eigenvalue weighted by Gasteiger charge is -2.15. The number of hydrogen-bond donors (Lipinski definition) is 0. The second-order valence-electron chi connectivity index (χ2n) is 3.35. The highest BCUT2D eigenvalue weighted by atomic mass is 79.9. The van der Waals surface area contributed by atoms with Crippen molar-refractivity contribution in [1.82, 2.24) is 4.31 Å². The van der Waals surface area contributed by atoms with Crippen molar-refractivity contribution >= 4 is 26.0 Å². The quantitative estimate of drug-likeness (QED) is 0.749. The highest BCUT2D eigenvalue weighted by Crippen LogP contribution is 2.12. The summed E-state index contributed by atoms with van der Waals surface area (Å²) >= 11 is 2.90. The van der Waals surface area contributed by atoms with E-state index in [4.69, 9.17) is 4.74 Å². The monoisotopic (exact) mass is 325 g/mol. The van der Waals surface area contributed by atoms with Gasteiger partial charge in [0.15, 0.2) is 0 Å². The van der Waals surface area contributed by atoms with Crippen LogP contribution in [0.15, 0.2) is 24.3 Å². The lowest BCUT2D eigenvalue weighted by Crippen LogP contribution is -2.31. The van der Waals surface area contributed by atoms with Crippen molar-refractivity contribution in [3.8, 4) is 5.75 Å². The van der Waals surface area contributed by atoms with Crippen LogP contribution in [0.5, 0.6) is 5.75 Å². The zero-order valence-electron chi connectivity index (χ0n) is 9.27. The van der Waals surface area contributed by atoms with Crippen LogP contribution in [0.3, 0.4) is 0 Å². The number of likely N-dealkylation sites (N-methyl/N-ethyl adjacent to an activating group) is 1. The summed E-state index contributed by atoms with van der Waals surface area (Å²) in [6.45, 7) is 0.386. The van der Waals surface area contributed by atoms with Gasteiger partial charge in [0.2, 0.25) is 10.0 Å². The average Bonchev–Trinajstić information content (AvgIpc) is 2.29. The number of nitrogens with zero attached hydrogens (tertiary/aromatic N) is 1. The third kappa shape index (κ3) is 4.61. The molecule has 96 valence electrons. The van der Waals surface area contributed by atoms with Crippen molar-refractivity contribution in [3.05, 3.63) is 30.1 Å². The second-order valence-corrected chi connectivity index (χ2v) is 6.73. The summed E-state index contributed by atoms with van der Waals surface area (Å²) < 4.78 is 41.8. The molecule has 1 rings (SSSR count). The number of hydrogen-bond acceptors (Lipinski definition) is 3. The fourth-order valence-corrected chi connectivity index (χ4v) is 2.64. The molecule has 0 aliphatic carbocycles. The molecular formula is C10H13BrFNO3S. The van der Waals surface area contributed by atoms with Gasteiger partial charge in [-0.2, -0.15) is 0 Å². The van der Waals surface area contributed by atoms with Crippen molar-refractivity contribution in [1.29, 1.82) is 0 Å². The maximum Gasteiger partial charge on any atom is 0.224 e. The Kier molecular flexibility index (Phi) is 5.35. The molecule has 0 amide bonds. The topological polar surface area (TPSA) is 46.6 Å². The summed E-state index contributed by atoms with van der Waals surface area (Å²) in [5, 5.41) is 0. The van der Waals surface area contributed by atoms with Gasteiger partial charge in [-0.3, -0.25) is 0 Å². The van der Waals surface area contributed by atoms with E-state index >= 15 is 0 Å². The van der Waals surface area contributed by atoms with E-state index in [1.165, 1.54) is 29.6 Å². The zero-order chi connectivity index (χ0) is 12.9. The van der Waals surface area contributed by atoms with E-state index in [1.807, 2.05) is 0 Å². The molecule has 1 aromatic carbocycles. The van der Waals surface area contributed by atoms with Crippen LogP contribution in [0, 0.1) is 5.82 Å². The van der Waals surface area contributed by atoms with Crippen LogP contribution in [-0.2, 0) is 10.0 Å². The molecule has 0 aromatic heterocycles. The first kappa shape index (κ1) is 14.4. The van der Waals surface area contributed by atoms with Gasteiger partial charge in [-0.1, -0.05) is 22.0 Å². The van der Waals surface area contributed by atoms with Gasteiger partial charge in [-0.05, 0) is 12.1 Å². The van der Waals surface area contributed by atoms with Crippen LogP contribution in [0.4, 0.5) is 4.39 Å². The van der Waals surface area contributed by atoms with E-state index in [2.05, 4.69) is 15.9 Å². The first-order chi connectivity index (χ1) is 7.95. The van der Waals surface area contributed by atoms with E-state index in [-0.39, 0.29) is 23.6 Å². The lowest BCUT2D eigenvalue weighted by molar-refractivity contribution is 0.286. The SMILES string of the molecule is CN(CCOc1cccc(F)c1)S(=O)(=O)CBr. The van der Waals surface area contributed by atoms with Crippen LogP contribution < -0.4 is 4.74 Å². The first-order valence-electron chi connectivity index (χ1n) is 4.84. The molecule has 17 heavy (non-hydrogen) atoms. The van der Waals surface area contributed by atoms with Gasteiger partial charge in [0.25, 0.3) is 0 Å². The van der Waals surface area contributed by atoms with Gasteiger partial charge in [-0.15, -0.1) is 0 Å². The standard InChI is InChI=1S/C10H13BrFNO3S/c1-13(17(14,15)8-11)5-6-16-10-4-2-3-9(12)7-10/h2-4,7H,5-6,8H2,1H3. The Labute approximate surface area is 109 Å². The molecule has 0 spiro atoms. The highest BCUT2D eigenvalue weighted by Gasteiger charge is 2.15. The fourth-order valence-electron chi connectivity index (χ4n) is 1.07. The third-order valence-corrected chi connectivity index (χ3v) is 5.23. The van der Waals surface area contributed by atoms with Gasteiger partial charge in [0.05, 0.1) is 0 Å². The van der Waals surface area contributed by atoms with Crippen LogP contribution in [0.25, 0.3) is 0 Å². The number of benzene rings is 1. The Balaban J connectivity index is 2.43. The van der Waals surface area contributed by atoms with E-state index in [9.17, 15) is 12.8 Å². The van der Waals surface area contributed by atoms with Gasteiger partial charge in [-0.25, -0.2) is 17.1 Å². The molecule has 0 aliphatic heterocycles. The minimum atomic E-state index is -3.26. The Morgan fingerprint density at radius 3 is 2.76 bits per heavy atom. The fraction of sp³-hybridized carbons (Fsp3) is 0.400. The Bertz CT molecular complexity index is 466. The van der Waals surface area contributed by atoms with Crippen molar-refractivity contribution < 1.29 is 17.5 Å². The summed E-state index contributed by atoms with van der Waals surface area (Å²) in [5.41, 5.74) is 0. The second kappa shape index (κ2) is 6.32. The molecule has 0 bridgehead atoms. The van der Waals surface area contributed by atoms with Gasteiger partial charge in [0, 0.05) is 19.7 Å². The highest BCUT2D eigenvalue weighted by molar-refractivity contribution is 9.10. The summed E-state index contributed by atoms with van der Waals surface area (Å²) in [4.78, 5) is 0. The first-order valence-corrected chi connectivity index (χ1v) is 7.57. The van der Waals surface area contributed by atoms with E-state index in [0.29, 0.717) is 5.75 Å². The van der Waals surface area contributed by atoms with Crippen LogP contribution >= 0.6 is 15.9 Å². The molecule has 0 fully saturated rings. The van der Waals surface area contributed by atoms with Crippen LogP contribution in [0.2, 0.25) is 0 Å². The number of halogens is 2. The van der Waals surface area contributed by atoms with Crippen LogP contribution in [-0.4, -0.2) is 37.6 Å². The lowest BCUT2D eigenvalue weighted by atomic mass is 10.3. The molecule has 0 aliphatic rings. The van der Waals surface area contributed by atoms with Gasteiger partial charge >= 0.3 is 0 Å². The summed E-state index contributed by atoms with van der Waals surface area (Å²) in [6, 6.07) is 5.71. The number of ether oxygens (including phenoxy) is 1. The molecular weight excluding hydrogens is 313 g/mol. The van der Waals surface area contributed by atoms with E-state index < -0.39 is 10.0 Å². The maximum atomic E-state index is 12.8. The molecule has 0 unspecified atom stereocenters. The van der Waals surface area contributed by atoms with Crippen molar-refractivity contribution in [2.45, 2.75) is 0 Å². The zero-order valence-corrected chi connectivity index (χ0v) is 11.7. The third-order valence-electron chi connectivity index (χ3n) is 2.08. The van der Waals surface area contributed by atoms with Crippen molar-refractivity contribution in [3.63, 3.8) is 0 Å². The minimum Gasteiger partial charge on any atom is -0.492 e. The molecule has 1 aromatic rings. The Morgan fingerprint density at radius 1 is 1.47 bits per heavy atom. The minimum absolute atomic E-state index is 0.129. The summed E-state index contributed by atoms with van der Waals surface area (Å²) in [6.07, 6.45) is 0. The summed E-state index contributed by atoms with van der Waals surface area (Å²) in [7, 11) is -1.80. The Morgan fingerprint density at radius 2 is 2.18 bits per heavy atom. The molecule has 0 atom stereocenters. The average molecular weight is 326 g/mol. The van der Waals surface area contributed by atoms with E-state index in [0.717, 1.165) is 0 Å². The smallest absolute Gasteiger partial charge is 0.224 e. The maximum absolute atomic E-state index is 12.8. The van der Waals surface area contributed by atoms with Crippen LogP contribution in [0.1, 0.15) is 0 Å². The predicted molar refractivity (Wildman–Crippen MR) is 67.2 cm³/mol. The van der Waals surface area contributed by atoms with E-state index in [1.54, 1.807) is 6.07 Å². The number of rotatable bonds is 6. The molecule has 0 saturated heterocycles. The van der Waals surface area contributed by atoms with Gasteiger partial charge in [0.1, 0.15) is 22.8 Å². The van der Waals surface area contributed by atoms with Crippen molar-refractivity contribution in [2.24, 2.45) is 0 Å². The predicted octanol–water partition coefficient (Wildman–Crippen LogP) is 1.82. The number of sulfonamides is 1. The molecule has 0 saturated carbocycles.